The lowest BCUT2D eigenvalue weighted by molar-refractivity contribution is -0.146. The molecule has 0 N–H and O–H groups in total. The lowest BCUT2D eigenvalue weighted by Crippen LogP contribution is -2.28. The fourth-order valence-electron chi connectivity index (χ4n) is 2.27. The third kappa shape index (κ3) is 5.54. The maximum atomic E-state index is 12.7. The van der Waals surface area contributed by atoms with Gasteiger partial charge < -0.3 is 14.2 Å². The summed E-state index contributed by atoms with van der Waals surface area (Å²) in [4.78, 5) is 31.1. The average Bonchev–Trinajstić information content (AvgIpc) is 3.06. The molecule has 2 heterocycles. The highest BCUT2D eigenvalue weighted by Gasteiger charge is 2.16. The summed E-state index contributed by atoms with van der Waals surface area (Å²) < 4.78 is 17.0. The largest absolute Gasteiger partial charge is 0.462 e. The monoisotopic (exact) mass is 400 g/mol. The Balaban J connectivity index is 1.97. The molecule has 7 nitrogen and oxygen atoms in total. The average molecular weight is 401 g/mol. The second kappa shape index (κ2) is 10.7. The van der Waals surface area contributed by atoms with Crippen molar-refractivity contribution in [3.63, 3.8) is 0 Å². The summed E-state index contributed by atoms with van der Waals surface area (Å²) in [5, 5.41) is 1.06. The molecule has 2 aromatic heterocycles. The number of esters is 1. The number of thioether (sulfide) groups is 1. The highest BCUT2D eigenvalue weighted by Crippen LogP contribution is 2.24. The SMILES string of the molecule is CCOCCOCCOC(=O)Cn1c(SC)nc2sc(CC)cc2c1=O. The smallest absolute Gasteiger partial charge is 0.326 e. The van der Waals surface area contributed by atoms with Gasteiger partial charge in [-0.2, -0.15) is 0 Å². The van der Waals surface area contributed by atoms with Crippen molar-refractivity contribution in [2.45, 2.75) is 32.0 Å². The summed E-state index contributed by atoms with van der Waals surface area (Å²) in [6.07, 6.45) is 2.68. The Hall–Kier alpha value is -1.42. The van der Waals surface area contributed by atoms with Crippen LogP contribution in [0.25, 0.3) is 10.2 Å². The first-order valence-corrected chi connectivity index (χ1v) is 10.5. The van der Waals surface area contributed by atoms with Gasteiger partial charge in [0.2, 0.25) is 0 Å². The highest BCUT2D eigenvalue weighted by atomic mass is 32.2. The van der Waals surface area contributed by atoms with Crippen LogP contribution in [-0.2, 0) is 32.0 Å². The van der Waals surface area contributed by atoms with Crippen LogP contribution in [0.15, 0.2) is 16.0 Å². The predicted octanol–water partition coefficient (Wildman–Crippen LogP) is 2.34. The lowest BCUT2D eigenvalue weighted by Gasteiger charge is -2.10. The standard InChI is InChI=1S/C17H24N2O5S2/c1-4-12-10-13-15(26-12)18-17(25-3)19(16(13)21)11-14(20)24-9-8-23-7-6-22-5-2/h10H,4-9,11H2,1-3H3. The van der Waals surface area contributed by atoms with Crippen LogP contribution in [0.4, 0.5) is 0 Å². The third-order valence-electron chi connectivity index (χ3n) is 3.55. The van der Waals surface area contributed by atoms with E-state index in [0.29, 0.717) is 41.8 Å². The number of fused-ring (bicyclic) bond motifs is 1. The molecule has 144 valence electrons. The second-order valence-electron chi connectivity index (χ2n) is 5.30. The van der Waals surface area contributed by atoms with E-state index in [1.165, 1.54) is 27.7 Å². The van der Waals surface area contributed by atoms with Crippen LogP contribution in [-0.4, -0.2) is 54.8 Å². The van der Waals surface area contributed by atoms with Gasteiger partial charge in [0, 0.05) is 11.5 Å². The molecule has 0 radical (unpaired) electrons. The van der Waals surface area contributed by atoms with E-state index in [-0.39, 0.29) is 18.7 Å². The quantitative estimate of drug-likeness (QED) is 0.248. The Labute approximate surface area is 160 Å². The summed E-state index contributed by atoms with van der Waals surface area (Å²) in [6, 6.07) is 1.85. The van der Waals surface area contributed by atoms with Crippen molar-refractivity contribution in [2.24, 2.45) is 0 Å². The number of hydrogen-bond acceptors (Lipinski definition) is 8. The maximum absolute atomic E-state index is 12.7. The van der Waals surface area contributed by atoms with Crippen LogP contribution in [0.2, 0.25) is 0 Å². The van der Waals surface area contributed by atoms with Gasteiger partial charge in [-0.3, -0.25) is 14.2 Å². The number of rotatable bonds is 11. The minimum atomic E-state index is -0.483. The molecule has 0 atom stereocenters. The third-order valence-corrected chi connectivity index (χ3v) is 5.40. The van der Waals surface area contributed by atoms with Gasteiger partial charge in [0.1, 0.15) is 18.0 Å². The van der Waals surface area contributed by atoms with Crippen LogP contribution in [0.3, 0.4) is 0 Å². The van der Waals surface area contributed by atoms with Gasteiger partial charge in [0.05, 0.1) is 25.2 Å². The number of nitrogens with zero attached hydrogens (tertiary/aromatic N) is 2. The molecule has 26 heavy (non-hydrogen) atoms. The molecule has 0 bridgehead atoms. The van der Waals surface area contributed by atoms with Crippen LogP contribution >= 0.6 is 23.1 Å². The van der Waals surface area contributed by atoms with Crippen molar-refractivity contribution in [1.29, 1.82) is 0 Å². The molecule has 0 saturated heterocycles. The molecule has 9 heteroatoms. The summed E-state index contributed by atoms with van der Waals surface area (Å²) >= 11 is 2.85. The van der Waals surface area contributed by atoms with Gasteiger partial charge in [-0.1, -0.05) is 18.7 Å². The molecule has 0 unspecified atom stereocenters. The molecule has 0 aliphatic heterocycles. The van der Waals surface area contributed by atoms with E-state index in [1.807, 2.05) is 26.2 Å². The molecular formula is C17H24N2O5S2. The van der Waals surface area contributed by atoms with E-state index in [4.69, 9.17) is 14.2 Å². The number of ether oxygens (including phenoxy) is 3. The summed E-state index contributed by atoms with van der Waals surface area (Å²) in [5.74, 6) is -0.483. The van der Waals surface area contributed by atoms with Gasteiger partial charge in [0.25, 0.3) is 5.56 Å². The number of carbonyl (C=O) groups is 1. The molecule has 2 rings (SSSR count). The lowest BCUT2D eigenvalue weighted by atomic mass is 10.3. The Bertz CT molecular complexity index is 787. The van der Waals surface area contributed by atoms with E-state index in [2.05, 4.69) is 4.98 Å². The number of thiophene rings is 1. The van der Waals surface area contributed by atoms with Crippen LogP contribution < -0.4 is 5.56 Å². The molecule has 0 aliphatic carbocycles. The zero-order valence-electron chi connectivity index (χ0n) is 15.3. The van der Waals surface area contributed by atoms with Crippen LogP contribution in [0, 0.1) is 0 Å². The van der Waals surface area contributed by atoms with Gasteiger partial charge in [-0.25, -0.2) is 4.98 Å². The predicted molar refractivity (Wildman–Crippen MR) is 103 cm³/mol. The molecule has 0 fully saturated rings. The first-order chi connectivity index (χ1) is 12.6. The maximum Gasteiger partial charge on any atom is 0.326 e. The fourth-order valence-corrected chi connectivity index (χ4v) is 3.84. The van der Waals surface area contributed by atoms with Crippen molar-refractivity contribution in [1.82, 2.24) is 9.55 Å². The van der Waals surface area contributed by atoms with Crippen molar-refractivity contribution >= 4 is 39.3 Å². The van der Waals surface area contributed by atoms with Crippen molar-refractivity contribution < 1.29 is 19.0 Å². The number of aromatic nitrogens is 2. The normalized spacial score (nSPS) is 11.2. The van der Waals surface area contributed by atoms with Crippen molar-refractivity contribution in [2.75, 3.05) is 39.3 Å². The van der Waals surface area contributed by atoms with E-state index in [9.17, 15) is 9.59 Å². The van der Waals surface area contributed by atoms with Crippen LogP contribution in [0.1, 0.15) is 18.7 Å². The van der Waals surface area contributed by atoms with Crippen LogP contribution in [0.5, 0.6) is 0 Å². The first-order valence-electron chi connectivity index (χ1n) is 8.49. The van der Waals surface area contributed by atoms with E-state index in [0.717, 1.165) is 11.3 Å². The molecule has 0 spiro atoms. The van der Waals surface area contributed by atoms with Gasteiger partial charge >= 0.3 is 5.97 Å². The first kappa shape index (κ1) is 20.9. The van der Waals surface area contributed by atoms with Gasteiger partial charge in [-0.15, -0.1) is 11.3 Å². The zero-order chi connectivity index (χ0) is 18.9. The van der Waals surface area contributed by atoms with Gasteiger partial charge in [-0.05, 0) is 25.7 Å². The summed E-state index contributed by atoms with van der Waals surface area (Å²) in [5.41, 5.74) is -0.208. The Morgan fingerprint density at radius 3 is 2.65 bits per heavy atom. The van der Waals surface area contributed by atoms with Gasteiger partial charge in [0.15, 0.2) is 5.16 Å². The molecule has 2 aromatic rings. The molecule has 0 saturated carbocycles. The van der Waals surface area contributed by atoms with Crippen molar-refractivity contribution in [3.8, 4) is 0 Å². The van der Waals surface area contributed by atoms with E-state index < -0.39 is 5.97 Å². The number of hydrogen-bond donors (Lipinski definition) is 0. The zero-order valence-corrected chi connectivity index (χ0v) is 16.9. The number of carbonyl (C=O) groups excluding carboxylic acids is 1. The summed E-state index contributed by atoms with van der Waals surface area (Å²) in [7, 11) is 0. The number of aryl methyl sites for hydroxylation is 1. The topological polar surface area (TPSA) is 79.7 Å². The molecule has 0 aromatic carbocycles. The minimum absolute atomic E-state index is 0.141. The Morgan fingerprint density at radius 2 is 1.96 bits per heavy atom. The van der Waals surface area contributed by atoms with E-state index in [1.54, 1.807) is 0 Å². The minimum Gasteiger partial charge on any atom is -0.462 e. The molecule has 0 amide bonds. The Morgan fingerprint density at radius 1 is 1.23 bits per heavy atom. The molecular weight excluding hydrogens is 376 g/mol. The molecule has 0 aliphatic rings. The van der Waals surface area contributed by atoms with Crippen molar-refractivity contribution in [3.05, 3.63) is 21.3 Å². The summed E-state index contributed by atoms with van der Waals surface area (Å²) in [6.45, 7) is 5.85. The Kier molecular flexibility index (Phi) is 8.56. The second-order valence-corrected chi connectivity index (χ2v) is 7.19. The fraction of sp³-hybridized carbons (Fsp3) is 0.588. The highest BCUT2D eigenvalue weighted by molar-refractivity contribution is 7.98. The van der Waals surface area contributed by atoms with E-state index >= 15 is 0 Å².